The fourth-order valence-electron chi connectivity index (χ4n) is 16.0. The van der Waals surface area contributed by atoms with Gasteiger partial charge in [-0.15, -0.1) is 10.2 Å². The van der Waals surface area contributed by atoms with Gasteiger partial charge in [0.15, 0.2) is 5.52 Å². The third kappa shape index (κ3) is 8.57. The summed E-state index contributed by atoms with van der Waals surface area (Å²) < 4.78 is 1.95. The number of nitrogens with one attached hydrogen (secondary N) is 3. The first-order chi connectivity index (χ1) is 32.5. The quantitative estimate of drug-likeness (QED) is 0.126. The van der Waals surface area contributed by atoms with Crippen molar-refractivity contribution in [2.75, 3.05) is 26.2 Å². The second-order valence-corrected chi connectivity index (χ2v) is 23.3. The van der Waals surface area contributed by atoms with Gasteiger partial charge in [-0.25, -0.2) is 9.50 Å². The van der Waals surface area contributed by atoms with Gasteiger partial charge in [0, 0.05) is 61.9 Å². The monoisotopic (exact) mass is 921 g/mol. The van der Waals surface area contributed by atoms with Gasteiger partial charge < -0.3 is 15.3 Å². The van der Waals surface area contributed by atoms with Crippen molar-refractivity contribution in [2.24, 2.45) is 52.8 Å². The van der Waals surface area contributed by atoms with Crippen molar-refractivity contribution in [3.05, 3.63) is 122 Å². The Kier molecular flexibility index (Phi) is 12.1. The molecule has 8 saturated carbocycles. The molecule has 2 aliphatic heterocycles. The Bertz CT molecular complexity index is 2660. The van der Waals surface area contributed by atoms with Gasteiger partial charge in [-0.2, -0.15) is 5.10 Å². The van der Waals surface area contributed by atoms with Crippen LogP contribution in [0.15, 0.2) is 76.4 Å². The second-order valence-electron chi connectivity index (χ2n) is 23.3. The number of carbonyl (C=O) groups is 1. The van der Waals surface area contributed by atoms with Gasteiger partial charge in [0.1, 0.15) is 23.2 Å². The van der Waals surface area contributed by atoms with E-state index in [2.05, 4.69) is 104 Å². The zero-order chi connectivity index (χ0) is 45.4. The molecule has 0 radical (unpaired) electrons. The Balaban J connectivity index is 0.000000147. The number of hydrogen-bond acceptors (Lipinski definition) is 9. The van der Waals surface area contributed by atoms with E-state index in [9.17, 15) is 14.4 Å². The van der Waals surface area contributed by atoms with Crippen LogP contribution in [0.3, 0.4) is 0 Å². The van der Waals surface area contributed by atoms with Crippen LogP contribution in [-0.4, -0.2) is 76.6 Å². The van der Waals surface area contributed by atoms with E-state index in [0.717, 1.165) is 87.9 Å². The van der Waals surface area contributed by atoms with Crippen LogP contribution in [0, 0.1) is 52.8 Å². The molecule has 8 aliphatic carbocycles. The average Bonchev–Trinajstić information content (AvgIpc) is 4.02. The zero-order valence-corrected chi connectivity index (χ0v) is 39.4. The molecule has 10 fully saturated rings. The van der Waals surface area contributed by atoms with E-state index >= 15 is 0 Å². The summed E-state index contributed by atoms with van der Waals surface area (Å²) in [5.74, 6) is 8.56. The molecule has 1 amide bonds. The van der Waals surface area contributed by atoms with Crippen molar-refractivity contribution >= 4 is 11.4 Å². The van der Waals surface area contributed by atoms with Crippen LogP contribution in [0.1, 0.15) is 144 Å². The molecular weight excluding hydrogens is 849 g/mol. The predicted molar refractivity (Wildman–Crippen MR) is 263 cm³/mol. The lowest BCUT2D eigenvalue weighted by Gasteiger charge is -2.56. The number of rotatable bonds is 10. The van der Waals surface area contributed by atoms with Crippen molar-refractivity contribution in [3.8, 4) is 0 Å². The minimum atomic E-state index is -0.232. The fourth-order valence-corrected chi connectivity index (χ4v) is 16.0. The average molecular weight is 921 g/mol. The zero-order valence-electron chi connectivity index (χ0n) is 39.4. The van der Waals surface area contributed by atoms with Crippen molar-refractivity contribution in [3.63, 3.8) is 0 Å². The van der Waals surface area contributed by atoms with Crippen LogP contribution < -0.4 is 16.4 Å². The lowest BCUT2D eigenvalue weighted by Crippen LogP contribution is -2.53. The first-order valence-electron chi connectivity index (χ1n) is 25.8. The molecule has 4 unspecified atom stereocenters. The molecule has 3 aromatic heterocycles. The minimum absolute atomic E-state index is 0. The highest BCUT2D eigenvalue weighted by molar-refractivity contribution is 5.83. The topological polar surface area (TPSA) is 157 Å². The van der Waals surface area contributed by atoms with Gasteiger partial charge in [0.05, 0.1) is 12.7 Å². The molecule has 2 aromatic carbocycles. The maximum atomic E-state index is 13.2. The molecule has 5 aromatic rings. The standard InChI is InChI=1S/C27H35N5O2.C27H33N5O.CH4/c1-17-14-32(15-18-5-3-2-4-6-18)16-22(17)24-29-25(33)23(30-31-24)13-28-26(34)27-10-19-7-20(11-27)9-21(8-19)12-27;1-17-14-31(15-18-5-3-2-4-6-18)16-22(17)24-29-25(33)23-13-28-26(32(23)30-24)27-10-19-7-20(11-27)9-21(8-19)12-27;/h2-6,17,19-22H,7-16H2,1H3,(H,28,34)(H,29,31,33);2-6,13,17,19-22H,7-12,14-16H2,1H3,(H,29,30,33);1H4. The predicted octanol–water partition coefficient (Wildman–Crippen LogP) is 7.99. The van der Waals surface area contributed by atoms with E-state index in [1.807, 2.05) is 10.6 Å². The number of benzene rings is 2. The highest BCUT2D eigenvalue weighted by Gasteiger charge is 2.55. The van der Waals surface area contributed by atoms with Crippen molar-refractivity contribution < 1.29 is 4.79 Å². The Morgan fingerprint density at radius 3 is 1.65 bits per heavy atom. The fraction of sp³-hybridized carbons (Fsp3) is 0.618. The number of hydrogen-bond donors (Lipinski definition) is 3. The number of imidazole rings is 1. The summed E-state index contributed by atoms with van der Waals surface area (Å²) >= 11 is 0. The molecule has 8 bridgehead atoms. The molecule has 0 spiro atoms. The number of nitrogens with zero attached hydrogens (tertiary/aromatic N) is 7. The Hall–Kier alpha value is -5.01. The number of fused-ring (bicyclic) bond motifs is 1. The van der Waals surface area contributed by atoms with Crippen molar-refractivity contribution in [2.45, 2.75) is 135 Å². The third-order valence-electron chi connectivity index (χ3n) is 18.2. The largest absolute Gasteiger partial charge is 0.350 e. The van der Waals surface area contributed by atoms with E-state index in [4.69, 9.17) is 10.1 Å². The SMILES string of the molecule is C.CC1CN(Cc2ccccc2)CC1c1nn2c(C34CC5CC(CC(C5)C3)C4)ncc2c(=O)[nH]1.CC1CN(Cc2ccccc2)CC1c1nnc(CNC(=O)C23CC4CC(CC(C4)C2)C3)c(=O)[nH]1. The Morgan fingerprint density at radius 1 is 0.647 bits per heavy atom. The molecule has 10 aliphatic rings. The summed E-state index contributed by atoms with van der Waals surface area (Å²) in [6.45, 7) is 10.2. The summed E-state index contributed by atoms with van der Waals surface area (Å²) in [7, 11) is 0. The van der Waals surface area contributed by atoms with Gasteiger partial charge in [-0.3, -0.25) is 24.2 Å². The van der Waals surface area contributed by atoms with Crippen LogP contribution >= 0.6 is 0 Å². The van der Waals surface area contributed by atoms with Gasteiger partial charge in [-0.05, 0) is 136 Å². The smallest absolute Gasteiger partial charge is 0.276 e. The molecule has 5 heterocycles. The second kappa shape index (κ2) is 18.1. The van der Waals surface area contributed by atoms with Gasteiger partial charge in [0.25, 0.3) is 11.1 Å². The van der Waals surface area contributed by atoms with Crippen molar-refractivity contribution in [1.82, 2.24) is 49.9 Å². The van der Waals surface area contributed by atoms with E-state index < -0.39 is 0 Å². The highest BCUT2D eigenvalue weighted by atomic mass is 16.2. The molecule has 4 atom stereocenters. The summed E-state index contributed by atoms with van der Waals surface area (Å²) in [6.07, 6.45) is 16.6. The first kappa shape index (κ1) is 45.4. The number of amides is 1. The van der Waals surface area contributed by atoms with Crippen LogP contribution in [0.25, 0.3) is 5.52 Å². The van der Waals surface area contributed by atoms with Crippen LogP contribution in [-0.2, 0) is 29.8 Å². The maximum absolute atomic E-state index is 13.2. The molecule has 13 heteroatoms. The van der Waals surface area contributed by atoms with Gasteiger partial charge in [-0.1, -0.05) is 81.9 Å². The maximum Gasteiger partial charge on any atom is 0.276 e. The third-order valence-corrected chi connectivity index (χ3v) is 18.2. The Labute approximate surface area is 400 Å². The molecule has 2 saturated heterocycles. The molecule has 13 nitrogen and oxygen atoms in total. The van der Waals surface area contributed by atoms with Crippen LogP contribution in [0.2, 0.25) is 0 Å². The minimum Gasteiger partial charge on any atom is -0.350 e. The molecular formula is C55H72N10O3. The van der Waals surface area contributed by atoms with Gasteiger partial charge in [0.2, 0.25) is 5.91 Å². The summed E-state index contributed by atoms with van der Waals surface area (Å²) in [4.78, 5) is 55.0. The van der Waals surface area contributed by atoms with Crippen molar-refractivity contribution in [1.29, 1.82) is 0 Å². The lowest BCUT2D eigenvalue weighted by atomic mass is 9.49. The van der Waals surface area contributed by atoms with E-state index in [1.54, 1.807) is 6.20 Å². The molecule has 360 valence electrons. The van der Waals surface area contributed by atoms with Gasteiger partial charge >= 0.3 is 0 Å². The number of aromatic nitrogens is 7. The Morgan fingerprint density at radius 2 is 1.13 bits per heavy atom. The molecule has 15 rings (SSSR count). The highest BCUT2D eigenvalue weighted by Crippen LogP contribution is 2.61. The number of likely N-dealkylation sites (tertiary alicyclic amines) is 2. The van der Waals surface area contributed by atoms with E-state index in [-0.39, 0.29) is 53.7 Å². The summed E-state index contributed by atoms with van der Waals surface area (Å²) in [6, 6.07) is 21.1. The summed E-state index contributed by atoms with van der Waals surface area (Å²) in [5, 5.41) is 16.8. The number of aromatic amines is 2. The summed E-state index contributed by atoms with van der Waals surface area (Å²) in [5.41, 5.74) is 3.17. The molecule has 3 N–H and O–H groups in total. The van der Waals surface area contributed by atoms with E-state index in [0.29, 0.717) is 46.6 Å². The normalized spacial score (nSPS) is 34.5. The molecule has 68 heavy (non-hydrogen) atoms. The lowest BCUT2D eigenvalue weighted by molar-refractivity contribution is -0.146. The van der Waals surface area contributed by atoms with Crippen LogP contribution in [0.4, 0.5) is 0 Å². The van der Waals surface area contributed by atoms with E-state index in [1.165, 1.54) is 68.9 Å². The van der Waals surface area contributed by atoms with Crippen LogP contribution in [0.5, 0.6) is 0 Å². The number of carbonyl (C=O) groups excluding carboxylic acids is 1. The first-order valence-corrected chi connectivity index (χ1v) is 25.8. The number of H-pyrrole nitrogens is 2.